The molecular weight excluding hydrogens is 394 g/mol. The van der Waals surface area contributed by atoms with Crippen LogP contribution in [0, 0.1) is 11.6 Å². The zero-order chi connectivity index (χ0) is 28.3. The average Bonchev–Trinajstić information content (AvgIpc) is 3.15. The molecule has 0 saturated carbocycles. The van der Waals surface area contributed by atoms with Gasteiger partial charge in [0.2, 0.25) is 11.9 Å². The molecule has 158 valence electrons. The molecule has 4 rings (SSSR count). The number of aromatic nitrogens is 6. The van der Waals surface area contributed by atoms with Crippen LogP contribution < -0.4 is 10.2 Å². The summed E-state index contributed by atoms with van der Waals surface area (Å²) < 4.78 is 98.8. The van der Waals surface area contributed by atoms with E-state index in [1.165, 1.54) is 13.3 Å². The van der Waals surface area contributed by atoms with Crippen LogP contribution in [0.4, 0.5) is 20.7 Å². The van der Waals surface area contributed by atoms with Crippen LogP contribution in [0.1, 0.15) is 41.1 Å². The summed E-state index contributed by atoms with van der Waals surface area (Å²) in [5, 5.41) is 2.72. The van der Waals surface area contributed by atoms with Crippen molar-refractivity contribution in [3.8, 4) is 0 Å². The Hall–Kier alpha value is -3.21. The van der Waals surface area contributed by atoms with Crippen molar-refractivity contribution < 1.29 is 24.5 Å². The van der Waals surface area contributed by atoms with Gasteiger partial charge in [0.15, 0.2) is 0 Å². The van der Waals surface area contributed by atoms with Gasteiger partial charge in [-0.15, -0.1) is 0 Å². The van der Waals surface area contributed by atoms with Crippen molar-refractivity contribution in [1.29, 1.82) is 0 Å². The molecule has 3 aromatic rings. The topological polar surface area (TPSA) is 93.9 Å². The Bertz CT molecular complexity index is 1330. The number of aryl methyl sites for hydroxylation is 1. The Morgan fingerprint density at radius 2 is 2.03 bits per heavy atom. The van der Waals surface area contributed by atoms with Gasteiger partial charge in [-0.2, -0.15) is 15.0 Å². The van der Waals surface area contributed by atoms with Crippen LogP contribution >= 0.6 is 0 Å². The van der Waals surface area contributed by atoms with Gasteiger partial charge in [0.05, 0.1) is 60.5 Å². The number of rotatable bonds is 6. The molecule has 1 aliphatic heterocycles. The van der Waals surface area contributed by atoms with Gasteiger partial charge >= 0.3 is 0 Å². The van der Waals surface area contributed by atoms with Crippen LogP contribution in [0.15, 0.2) is 24.8 Å². The molecule has 0 radical (unpaired) electrons. The van der Waals surface area contributed by atoms with Crippen molar-refractivity contribution >= 4 is 11.9 Å². The van der Waals surface area contributed by atoms with Gasteiger partial charge in [0.1, 0.15) is 17.5 Å². The van der Waals surface area contributed by atoms with Gasteiger partial charge < -0.3 is 19.5 Å². The molecule has 9 nitrogen and oxygen atoms in total. The minimum Gasteiger partial charge on any atom is -0.378 e. The van der Waals surface area contributed by atoms with Gasteiger partial charge in [-0.3, -0.25) is 4.98 Å². The summed E-state index contributed by atoms with van der Waals surface area (Å²) in [4.78, 5) is 20.3. The number of halogens is 2. The molecule has 1 N–H and O–H groups in total. The van der Waals surface area contributed by atoms with Crippen molar-refractivity contribution in [3.63, 3.8) is 0 Å². The Kier molecular flexibility index (Phi) is 3.60. The number of hydrogen-bond donors (Lipinski definition) is 1. The van der Waals surface area contributed by atoms with Gasteiger partial charge in [0.25, 0.3) is 0 Å². The maximum absolute atomic E-state index is 14.3. The van der Waals surface area contributed by atoms with Crippen LogP contribution in [-0.2, 0) is 18.2 Å². The maximum atomic E-state index is 14.3. The fourth-order valence-corrected chi connectivity index (χ4v) is 2.67. The summed E-state index contributed by atoms with van der Waals surface area (Å²) >= 11 is 0. The monoisotopic (exact) mass is 424 g/mol. The Balaban J connectivity index is 1.83. The standard InChI is InChI=1S/C19H22F2N8O/c1-12(17-15(21)7-13(20)9-22-17)24-18-25-16(8-14-10-28(2)11-23-14)26-19(27-18)29-3-5-30-6-4-29/h7,9-12H,3-6,8H2,1-2H3,(H,24,25,26,27)/i3D2,4D2,5D2,6D2. The van der Waals surface area contributed by atoms with Crippen LogP contribution in [0.3, 0.4) is 0 Å². The van der Waals surface area contributed by atoms with E-state index in [-0.39, 0.29) is 28.8 Å². The lowest BCUT2D eigenvalue weighted by Gasteiger charge is -2.27. The summed E-state index contributed by atoms with van der Waals surface area (Å²) in [5.41, 5.74) is 0.262. The Morgan fingerprint density at radius 3 is 2.73 bits per heavy atom. The largest absolute Gasteiger partial charge is 0.378 e. The highest BCUT2D eigenvalue weighted by atomic mass is 19.1. The average molecular weight is 424 g/mol. The maximum Gasteiger partial charge on any atom is 0.230 e. The van der Waals surface area contributed by atoms with Crippen molar-refractivity contribution in [2.24, 2.45) is 7.05 Å². The number of nitrogens with zero attached hydrogens (tertiary/aromatic N) is 7. The number of morpholine rings is 1. The van der Waals surface area contributed by atoms with Gasteiger partial charge in [0, 0.05) is 32.3 Å². The van der Waals surface area contributed by atoms with Gasteiger partial charge in [-0.1, -0.05) is 0 Å². The van der Waals surface area contributed by atoms with Crippen molar-refractivity contribution in [2.75, 3.05) is 36.3 Å². The van der Waals surface area contributed by atoms with E-state index in [4.69, 9.17) is 11.0 Å². The number of nitrogens with one attached hydrogen (secondary N) is 1. The fraction of sp³-hybridized carbons (Fsp3) is 0.421. The molecular formula is C19H22F2N8O. The van der Waals surface area contributed by atoms with Crippen LogP contribution in [0.2, 0.25) is 0 Å². The second-order valence-electron chi connectivity index (χ2n) is 6.33. The van der Waals surface area contributed by atoms with E-state index in [2.05, 4.69) is 35.0 Å². The van der Waals surface area contributed by atoms with Gasteiger partial charge in [-0.05, 0) is 6.92 Å². The lowest BCUT2D eigenvalue weighted by molar-refractivity contribution is 0.122. The molecule has 0 aliphatic carbocycles. The molecule has 4 heterocycles. The molecule has 1 saturated heterocycles. The second kappa shape index (κ2) is 8.66. The highest BCUT2D eigenvalue weighted by Gasteiger charge is 2.20. The molecule has 1 aliphatic rings. The van der Waals surface area contributed by atoms with E-state index in [0.29, 0.717) is 11.8 Å². The van der Waals surface area contributed by atoms with Crippen LogP contribution in [0.25, 0.3) is 0 Å². The lowest BCUT2D eigenvalue weighted by atomic mass is 10.2. The summed E-state index contributed by atoms with van der Waals surface area (Å²) in [6.45, 7) is -11.8. The zero-order valence-corrected chi connectivity index (χ0v) is 15.9. The Labute approximate surface area is 183 Å². The highest BCUT2D eigenvalue weighted by molar-refractivity contribution is 5.39. The summed E-state index contributed by atoms with van der Waals surface area (Å²) in [7, 11) is 1.72. The first-order valence-corrected chi connectivity index (χ1v) is 8.74. The van der Waals surface area contributed by atoms with Crippen molar-refractivity contribution in [2.45, 2.75) is 19.4 Å². The molecule has 11 heteroatoms. The molecule has 0 aromatic carbocycles. The second-order valence-corrected chi connectivity index (χ2v) is 6.33. The van der Waals surface area contributed by atoms with E-state index in [9.17, 15) is 8.78 Å². The summed E-state index contributed by atoms with van der Waals surface area (Å²) in [6.07, 6.45) is 3.90. The number of ether oxygens (including phenoxy) is 1. The van der Waals surface area contributed by atoms with E-state index < -0.39 is 49.7 Å². The molecule has 0 spiro atoms. The van der Waals surface area contributed by atoms with E-state index in [1.807, 2.05) is 0 Å². The molecule has 0 amide bonds. The fourth-order valence-electron chi connectivity index (χ4n) is 2.67. The minimum atomic E-state index is -3.34. The molecule has 1 atom stereocenters. The SMILES string of the molecule is [2H]C1([2H])OC([2H])([2H])C([2H])([2H])N(c2nc(Cc3cn(C)cn3)nc(NC(C)c3ncc(F)cc3F)n2)C1([2H])[2H]. The zero-order valence-electron chi connectivity index (χ0n) is 23.9. The van der Waals surface area contributed by atoms with E-state index in [0.717, 1.165) is 6.20 Å². The van der Waals surface area contributed by atoms with Crippen molar-refractivity contribution in [3.05, 3.63) is 53.6 Å². The summed E-state index contributed by atoms with van der Waals surface area (Å²) in [6, 6.07) is -0.336. The first-order valence-electron chi connectivity index (χ1n) is 12.7. The Morgan fingerprint density at radius 1 is 1.23 bits per heavy atom. The quantitative estimate of drug-likeness (QED) is 0.641. The van der Waals surface area contributed by atoms with Crippen LogP contribution in [-0.4, -0.2) is 55.6 Å². The summed E-state index contributed by atoms with van der Waals surface area (Å²) in [5.74, 6) is -3.01. The smallest absolute Gasteiger partial charge is 0.230 e. The van der Waals surface area contributed by atoms with Crippen molar-refractivity contribution in [1.82, 2.24) is 29.5 Å². The number of hydrogen-bond acceptors (Lipinski definition) is 8. The minimum absolute atomic E-state index is 0.0568. The van der Waals surface area contributed by atoms with Gasteiger partial charge in [-0.25, -0.2) is 13.8 Å². The number of pyridine rings is 1. The van der Waals surface area contributed by atoms with E-state index >= 15 is 0 Å². The third-order valence-electron chi connectivity index (χ3n) is 3.98. The first kappa shape index (κ1) is 12.5. The first-order chi connectivity index (χ1) is 17.4. The molecule has 3 aromatic heterocycles. The lowest BCUT2D eigenvalue weighted by Crippen LogP contribution is -2.37. The van der Waals surface area contributed by atoms with Crippen LogP contribution in [0.5, 0.6) is 0 Å². The van der Waals surface area contributed by atoms with E-state index in [1.54, 1.807) is 17.8 Å². The predicted octanol–water partition coefficient (Wildman–Crippen LogP) is 1.88. The predicted molar refractivity (Wildman–Crippen MR) is 105 cm³/mol. The normalized spacial score (nSPS) is 25.9. The number of anilines is 2. The molecule has 30 heavy (non-hydrogen) atoms. The highest BCUT2D eigenvalue weighted by Crippen LogP contribution is 2.21. The number of imidazole rings is 1. The third-order valence-corrected chi connectivity index (χ3v) is 3.98. The molecule has 0 bridgehead atoms. The third kappa shape index (κ3) is 4.67. The molecule has 1 unspecified atom stereocenters. The molecule has 1 fully saturated rings.